The molecule has 1 fully saturated rings. The van der Waals surface area contributed by atoms with E-state index in [4.69, 9.17) is 9.84 Å². The normalized spacial score (nSPS) is 46.4. The van der Waals surface area contributed by atoms with Crippen LogP contribution in [0.1, 0.15) is 20.3 Å². The van der Waals surface area contributed by atoms with Gasteiger partial charge >= 0.3 is 0 Å². The van der Waals surface area contributed by atoms with Gasteiger partial charge in [-0.3, -0.25) is 0 Å². The van der Waals surface area contributed by atoms with Gasteiger partial charge in [-0.15, -0.1) is 0 Å². The lowest BCUT2D eigenvalue weighted by Gasteiger charge is -2.41. The van der Waals surface area contributed by atoms with E-state index < -0.39 is 18.3 Å². The fourth-order valence-corrected chi connectivity index (χ4v) is 1.90. The number of ether oxygens (including phenoxy) is 1. The third-order valence-corrected chi connectivity index (χ3v) is 2.78. The standard InChI is InChI=1S/C9H18O4/c1-3-6-8(11)5(2)13-7(4-10)9(6)12/h5-12H,3-4H2,1-2H3. The average molecular weight is 190 g/mol. The first-order valence-corrected chi connectivity index (χ1v) is 4.74. The zero-order chi connectivity index (χ0) is 10.0. The lowest BCUT2D eigenvalue weighted by atomic mass is 9.85. The molecular weight excluding hydrogens is 172 g/mol. The summed E-state index contributed by atoms with van der Waals surface area (Å²) in [5, 5.41) is 28.2. The highest BCUT2D eigenvalue weighted by Gasteiger charge is 2.40. The molecule has 0 bridgehead atoms. The molecule has 3 N–H and O–H groups in total. The molecule has 0 aromatic carbocycles. The van der Waals surface area contributed by atoms with Crippen molar-refractivity contribution in [2.75, 3.05) is 6.61 Å². The average Bonchev–Trinajstić information content (AvgIpc) is 2.12. The summed E-state index contributed by atoms with van der Waals surface area (Å²) >= 11 is 0. The lowest BCUT2D eigenvalue weighted by molar-refractivity contribution is -0.203. The Morgan fingerprint density at radius 3 is 2.31 bits per heavy atom. The topological polar surface area (TPSA) is 69.9 Å². The smallest absolute Gasteiger partial charge is 0.107 e. The Bertz CT molecular complexity index is 162. The van der Waals surface area contributed by atoms with Crippen LogP contribution in [0.4, 0.5) is 0 Å². The molecule has 1 saturated heterocycles. The summed E-state index contributed by atoms with van der Waals surface area (Å²) in [6, 6.07) is 0. The summed E-state index contributed by atoms with van der Waals surface area (Å²) in [6.07, 6.45) is -1.58. The molecule has 0 aromatic heterocycles. The van der Waals surface area contributed by atoms with Gasteiger partial charge in [0.05, 0.1) is 24.9 Å². The van der Waals surface area contributed by atoms with Crippen LogP contribution in [0.15, 0.2) is 0 Å². The molecule has 0 amide bonds. The van der Waals surface area contributed by atoms with Crippen molar-refractivity contribution in [2.24, 2.45) is 5.92 Å². The Labute approximate surface area is 78.1 Å². The lowest BCUT2D eigenvalue weighted by Crippen LogP contribution is -2.54. The Morgan fingerprint density at radius 1 is 1.23 bits per heavy atom. The highest BCUT2D eigenvalue weighted by Crippen LogP contribution is 2.27. The van der Waals surface area contributed by atoms with Gasteiger partial charge in [0.25, 0.3) is 0 Å². The van der Waals surface area contributed by atoms with Crippen LogP contribution in [0.5, 0.6) is 0 Å². The van der Waals surface area contributed by atoms with Crippen molar-refractivity contribution in [3.63, 3.8) is 0 Å². The van der Waals surface area contributed by atoms with Gasteiger partial charge in [0.2, 0.25) is 0 Å². The fourth-order valence-electron chi connectivity index (χ4n) is 1.90. The minimum absolute atomic E-state index is 0.194. The summed E-state index contributed by atoms with van der Waals surface area (Å²) in [5.41, 5.74) is 0. The van der Waals surface area contributed by atoms with Gasteiger partial charge in [-0.05, 0) is 13.3 Å². The highest BCUT2D eigenvalue weighted by molar-refractivity contribution is 4.89. The second-order valence-corrected chi connectivity index (χ2v) is 3.62. The van der Waals surface area contributed by atoms with E-state index in [1.807, 2.05) is 6.92 Å². The molecule has 1 rings (SSSR count). The van der Waals surface area contributed by atoms with Crippen LogP contribution in [0.2, 0.25) is 0 Å². The third-order valence-electron chi connectivity index (χ3n) is 2.78. The van der Waals surface area contributed by atoms with Gasteiger partial charge in [0.1, 0.15) is 6.10 Å². The molecule has 0 radical (unpaired) electrons. The van der Waals surface area contributed by atoms with Gasteiger partial charge in [-0.1, -0.05) is 6.92 Å². The van der Waals surface area contributed by atoms with E-state index in [0.29, 0.717) is 6.42 Å². The zero-order valence-corrected chi connectivity index (χ0v) is 8.05. The third kappa shape index (κ3) is 2.02. The first kappa shape index (κ1) is 10.9. The molecular formula is C9H18O4. The van der Waals surface area contributed by atoms with Crippen molar-refractivity contribution in [3.8, 4) is 0 Å². The van der Waals surface area contributed by atoms with E-state index in [0.717, 1.165) is 0 Å². The van der Waals surface area contributed by atoms with Crippen molar-refractivity contribution in [2.45, 2.75) is 44.7 Å². The molecule has 0 spiro atoms. The molecule has 0 saturated carbocycles. The summed E-state index contributed by atoms with van der Waals surface area (Å²) in [5.74, 6) is -0.194. The van der Waals surface area contributed by atoms with E-state index in [1.165, 1.54) is 0 Å². The van der Waals surface area contributed by atoms with Gasteiger partial charge in [-0.2, -0.15) is 0 Å². The minimum Gasteiger partial charge on any atom is -0.394 e. The minimum atomic E-state index is -0.763. The second kappa shape index (κ2) is 4.37. The van der Waals surface area contributed by atoms with Crippen LogP contribution in [0, 0.1) is 5.92 Å². The van der Waals surface area contributed by atoms with Crippen molar-refractivity contribution in [1.29, 1.82) is 0 Å². The van der Waals surface area contributed by atoms with Gasteiger partial charge in [0.15, 0.2) is 0 Å². The first-order valence-electron chi connectivity index (χ1n) is 4.74. The van der Waals surface area contributed by atoms with E-state index in [1.54, 1.807) is 6.92 Å². The quantitative estimate of drug-likeness (QED) is 0.550. The molecule has 5 atom stereocenters. The van der Waals surface area contributed by atoms with E-state index >= 15 is 0 Å². The highest BCUT2D eigenvalue weighted by atomic mass is 16.5. The van der Waals surface area contributed by atoms with Gasteiger partial charge < -0.3 is 20.1 Å². The summed E-state index contributed by atoms with van der Waals surface area (Å²) in [7, 11) is 0. The SMILES string of the molecule is CCC1C(O)C(C)OC(CO)C1O. The summed E-state index contributed by atoms with van der Waals surface area (Å²) in [4.78, 5) is 0. The molecule has 0 aliphatic carbocycles. The van der Waals surface area contributed by atoms with E-state index in [2.05, 4.69) is 0 Å². The Hall–Kier alpha value is -0.160. The second-order valence-electron chi connectivity index (χ2n) is 3.62. The van der Waals surface area contributed by atoms with Crippen molar-refractivity contribution < 1.29 is 20.1 Å². The zero-order valence-electron chi connectivity index (χ0n) is 8.05. The maximum atomic E-state index is 9.67. The Morgan fingerprint density at radius 2 is 1.85 bits per heavy atom. The van der Waals surface area contributed by atoms with Gasteiger partial charge in [-0.25, -0.2) is 0 Å². The van der Waals surface area contributed by atoms with Crippen LogP contribution < -0.4 is 0 Å². The summed E-state index contributed by atoms with van der Waals surface area (Å²) in [6.45, 7) is 3.46. The number of hydrogen-bond acceptors (Lipinski definition) is 4. The summed E-state index contributed by atoms with van der Waals surface area (Å²) < 4.78 is 5.24. The van der Waals surface area contributed by atoms with Crippen LogP contribution in [0.25, 0.3) is 0 Å². The molecule has 1 aliphatic heterocycles. The van der Waals surface area contributed by atoms with Crippen LogP contribution in [-0.4, -0.2) is 46.3 Å². The number of rotatable bonds is 2. The Kier molecular flexibility index (Phi) is 3.67. The first-order chi connectivity index (χ1) is 6.11. The fraction of sp³-hybridized carbons (Fsp3) is 1.00. The number of aliphatic hydroxyl groups excluding tert-OH is 3. The molecule has 4 nitrogen and oxygen atoms in total. The van der Waals surface area contributed by atoms with E-state index in [9.17, 15) is 10.2 Å². The maximum absolute atomic E-state index is 9.67. The van der Waals surface area contributed by atoms with E-state index in [-0.39, 0.29) is 18.6 Å². The van der Waals surface area contributed by atoms with Crippen molar-refractivity contribution in [3.05, 3.63) is 0 Å². The van der Waals surface area contributed by atoms with Crippen LogP contribution in [0.3, 0.4) is 0 Å². The molecule has 78 valence electrons. The number of hydrogen-bond donors (Lipinski definition) is 3. The van der Waals surface area contributed by atoms with Crippen molar-refractivity contribution >= 4 is 0 Å². The van der Waals surface area contributed by atoms with Crippen molar-refractivity contribution in [1.82, 2.24) is 0 Å². The monoisotopic (exact) mass is 190 g/mol. The van der Waals surface area contributed by atoms with Crippen LogP contribution in [-0.2, 0) is 4.74 Å². The molecule has 1 heterocycles. The maximum Gasteiger partial charge on any atom is 0.107 e. The molecule has 1 aliphatic rings. The molecule has 0 aromatic rings. The molecule has 4 heteroatoms. The van der Waals surface area contributed by atoms with Gasteiger partial charge in [0, 0.05) is 5.92 Å². The Balaban J connectivity index is 2.69. The van der Waals surface area contributed by atoms with Crippen LogP contribution >= 0.6 is 0 Å². The predicted octanol–water partition coefficient (Wildman–Crippen LogP) is -0.486. The molecule has 5 unspecified atom stereocenters. The largest absolute Gasteiger partial charge is 0.394 e. The predicted molar refractivity (Wildman–Crippen MR) is 47.2 cm³/mol. The number of aliphatic hydroxyl groups is 3. The molecule has 13 heavy (non-hydrogen) atoms.